The third-order valence-corrected chi connectivity index (χ3v) is 7.61. The Morgan fingerprint density at radius 2 is 1.81 bits per heavy atom. The molecule has 32 heavy (non-hydrogen) atoms. The van der Waals surface area contributed by atoms with Crippen LogP contribution in [0.1, 0.15) is 29.1 Å². The van der Waals surface area contributed by atoms with Crippen LogP contribution in [0.2, 0.25) is 0 Å². The molecule has 0 amide bonds. The van der Waals surface area contributed by atoms with E-state index in [1.165, 1.54) is 10.3 Å². The number of nitrogens with one attached hydrogen (secondary N) is 1. The number of unbranched alkanes of at least 4 members (excludes halogenated alkanes) is 1. The maximum atomic E-state index is 12.4. The van der Waals surface area contributed by atoms with Crippen molar-refractivity contribution < 1.29 is 0 Å². The first kappa shape index (κ1) is 21.1. The number of rotatable bonds is 6. The maximum Gasteiger partial charge on any atom is 0.259 e. The van der Waals surface area contributed by atoms with E-state index in [0.29, 0.717) is 0 Å². The lowest BCUT2D eigenvalue weighted by Gasteiger charge is -2.35. The maximum absolute atomic E-state index is 12.4. The molecule has 166 valence electrons. The Morgan fingerprint density at radius 1 is 1.00 bits per heavy atom. The molecule has 4 heterocycles. The molecule has 1 saturated heterocycles. The van der Waals surface area contributed by atoms with Crippen molar-refractivity contribution in [2.45, 2.75) is 33.1 Å². The lowest BCUT2D eigenvalue weighted by molar-refractivity contribution is 0.252. The zero-order valence-electron chi connectivity index (χ0n) is 18.7. The summed E-state index contributed by atoms with van der Waals surface area (Å²) in [4.78, 5) is 31.9. The van der Waals surface area contributed by atoms with E-state index in [4.69, 9.17) is 9.97 Å². The summed E-state index contributed by atoms with van der Waals surface area (Å²) < 4.78 is 0. The van der Waals surface area contributed by atoms with Gasteiger partial charge in [-0.3, -0.25) is 9.69 Å². The zero-order chi connectivity index (χ0) is 22.1. The number of hydrogen-bond donors (Lipinski definition) is 1. The van der Waals surface area contributed by atoms with E-state index in [0.717, 1.165) is 84.9 Å². The van der Waals surface area contributed by atoms with E-state index >= 15 is 0 Å². The normalized spacial score (nSPS) is 15.1. The Labute approximate surface area is 191 Å². The SMILES string of the molecule is Cc1sc2nc(CCCCN3CCN(c4ccc5ccccc5n4)CC3)[nH]c(=O)c2c1C. The second-order valence-corrected chi connectivity index (χ2v) is 9.83. The number of pyridine rings is 1. The van der Waals surface area contributed by atoms with Crippen LogP contribution in [-0.2, 0) is 6.42 Å². The number of benzene rings is 1. The van der Waals surface area contributed by atoms with Crippen molar-refractivity contribution in [2.75, 3.05) is 37.6 Å². The molecule has 7 heteroatoms. The number of aromatic amines is 1. The Bertz CT molecular complexity index is 1300. The minimum absolute atomic E-state index is 0.00488. The van der Waals surface area contributed by atoms with Crippen molar-refractivity contribution in [1.29, 1.82) is 0 Å². The highest BCUT2D eigenvalue weighted by molar-refractivity contribution is 7.18. The molecule has 0 unspecified atom stereocenters. The van der Waals surface area contributed by atoms with Crippen molar-refractivity contribution in [3.8, 4) is 0 Å². The average molecular weight is 448 g/mol. The van der Waals surface area contributed by atoms with E-state index in [-0.39, 0.29) is 5.56 Å². The van der Waals surface area contributed by atoms with Crippen LogP contribution in [0.3, 0.4) is 0 Å². The highest BCUT2D eigenvalue weighted by Gasteiger charge is 2.18. The third-order valence-electron chi connectivity index (χ3n) is 6.51. The molecule has 5 rings (SSSR count). The molecule has 0 spiro atoms. The molecule has 0 radical (unpaired) electrons. The van der Waals surface area contributed by atoms with Crippen LogP contribution in [0.4, 0.5) is 5.82 Å². The number of aromatic nitrogens is 3. The van der Waals surface area contributed by atoms with Crippen LogP contribution >= 0.6 is 11.3 Å². The van der Waals surface area contributed by atoms with Gasteiger partial charge in [0.25, 0.3) is 5.56 Å². The molecule has 1 aromatic carbocycles. The van der Waals surface area contributed by atoms with Crippen molar-refractivity contribution in [2.24, 2.45) is 0 Å². The molecule has 1 aliphatic rings. The third kappa shape index (κ3) is 4.27. The van der Waals surface area contributed by atoms with Crippen molar-refractivity contribution in [1.82, 2.24) is 19.9 Å². The molecule has 0 aliphatic carbocycles. The van der Waals surface area contributed by atoms with Gasteiger partial charge >= 0.3 is 0 Å². The minimum atomic E-state index is 0.00488. The van der Waals surface area contributed by atoms with Crippen LogP contribution in [0, 0.1) is 13.8 Å². The molecule has 0 bridgehead atoms. The summed E-state index contributed by atoms with van der Waals surface area (Å²) in [6.07, 6.45) is 2.96. The molecule has 6 nitrogen and oxygen atoms in total. The lowest BCUT2D eigenvalue weighted by atomic mass is 10.2. The van der Waals surface area contributed by atoms with E-state index in [1.54, 1.807) is 11.3 Å². The number of aryl methyl sites for hydroxylation is 3. The van der Waals surface area contributed by atoms with E-state index in [1.807, 2.05) is 13.0 Å². The number of hydrogen-bond acceptors (Lipinski definition) is 6. The average Bonchev–Trinajstić information content (AvgIpc) is 3.10. The predicted octanol–water partition coefficient (Wildman–Crippen LogP) is 4.29. The van der Waals surface area contributed by atoms with Gasteiger partial charge in [-0.25, -0.2) is 9.97 Å². The molecule has 1 N–H and O–H groups in total. The van der Waals surface area contributed by atoms with Crippen molar-refractivity contribution >= 4 is 38.3 Å². The van der Waals surface area contributed by atoms with Gasteiger partial charge in [0, 0.05) is 42.9 Å². The molecule has 1 fully saturated rings. The Kier molecular flexibility index (Phi) is 5.93. The first-order valence-corrected chi connectivity index (χ1v) is 12.2. The van der Waals surface area contributed by atoms with E-state index < -0.39 is 0 Å². The summed E-state index contributed by atoms with van der Waals surface area (Å²) >= 11 is 1.62. The summed E-state index contributed by atoms with van der Waals surface area (Å²) in [5.41, 5.74) is 2.12. The number of anilines is 1. The monoisotopic (exact) mass is 447 g/mol. The number of fused-ring (bicyclic) bond motifs is 2. The Morgan fingerprint density at radius 3 is 2.66 bits per heavy atom. The van der Waals surface area contributed by atoms with Gasteiger partial charge in [0.1, 0.15) is 16.5 Å². The second-order valence-electron chi connectivity index (χ2n) is 8.62. The Balaban J connectivity index is 1.11. The highest BCUT2D eigenvalue weighted by Crippen LogP contribution is 2.26. The first-order valence-electron chi connectivity index (χ1n) is 11.4. The van der Waals surface area contributed by atoms with Crippen LogP contribution in [0.15, 0.2) is 41.2 Å². The van der Waals surface area contributed by atoms with Crippen molar-refractivity contribution in [3.63, 3.8) is 0 Å². The van der Waals surface area contributed by atoms with Gasteiger partial charge in [-0.15, -0.1) is 11.3 Å². The fourth-order valence-electron chi connectivity index (χ4n) is 4.48. The van der Waals surface area contributed by atoms with Crippen LogP contribution < -0.4 is 10.5 Å². The summed E-state index contributed by atoms with van der Waals surface area (Å²) in [5.74, 6) is 1.89. The highest BCUT2D eigenvalue weighted by atomic mass is 32.1. The number of nitrogens with zero attached hydrogens (tertiary/aromatic N) is 4. The largest absolute Gasteiger partial charge is 0.354 e. The minimum Gasteiger partial charge on any atom is -0.354 e. The topological polar surface area (TPSA) is 65.1 Å². The summed E-state index contributed by atoms with van der Waals surface area (Å²) in [6, 6.07) is 12.6. The van der Waals surface area contributed by atoms with E-state index in [2.05, 4.69) is 52.0 Å². The quantitative estimate of drug-likeness (QED) is 0.447. The standard InChI is InChI=1S/C25H29N5OS/c1-17-18(2)32-25-23(17)24(31)27-21(28-25)9-5-6-12-29-13-15-30(16-14-29)22-11-10-19-7-3-4-8-20(19)26-22/h3-4,7-8,10-11H,5-6,9,12-16H2,1-2H3,(H,27,28,31). The summed E-state index contributed by atoms with van der Waals surface area (Å²) in [7, 11) is 0. The molecule has 4 aromatic rings. The summed E-state index contributed by atoms with van der Waals surface area (Å²) in [6.45, 7) is 9.27. The predicted molar refractivity (Wildman–Crippen MR) is 133 cm³/mol. The molecule has 0 saturated carbocycles. The number of H-pyrrole nitrogens is 1. The van der Waals surface area contributed by atoms with Gasteiger partial charge in [0.05, 0.1) is 10.9 Å². The number of para-hydroxylation sites is 1. The van der Waals surface area contributed by atoms with Crippen LogP contribution in [0.25, 0.3) is 21.1 Å². The molecular formula is C25H29N5OS. The van der Waals surface area contributed by atoms with Crippen molar-refractivity contribution in [3.05, 3.63) is 63.0 Å². The molecule has 3 aromatic heterocycles. The molecule has 0 atom stereocenters. The summed E-state index contributed by atoms with van der Waals surface area (Å²) in [5, 5.41) is 1.95. The number of piperazine rings is 1. The fourth-order valence-corrected chi connectivity index (χ4v) is 5.53. The van der Waals surface area contributed by atoms with Gasteiger partial charge < -0.3 is 9.88 Å². The van der Waals surface area contributed by atoms with Gasteiger partial charge in [0.15, 0.2) is 0 Å². The van der Waals surface area contributed by atoms with E-state index in [9.17, 15) is 4.79 Å². The smallest absolute Gasteiger partial charge is 0.259 e. The Hall–Kier alpha value is -2.77. The molecular weight excluding hydrogens is 418 g/mol. The molecule has 1 aliphatic heterocycles. The lowest BCUT2D eigenvalue weighted by Crippen LogP contribution is -2.46. The first-order chi connectivity index (χ1) is 15.6. The fraction of sp³-hybridized carbons (Fsp3) is 0.400. The number of thiophene rings is 1. The van der Waals surface area contributed by atoms with Crippen LogP contribution in [-0.4, -0.2) is 52.6 Å². The van der Waals surface area contributed by atoms with Crippen LogP contribution in [0.5, 0.6) is 0 Å². The van der Waals surface area contributed by atoms with Gasteiger partial charge in [-0.1, -0.05) is 18.2 Å². The zero-order valence-corrected chi connectivity index (χ0v) is 19.5. The van der Waals surface area contributed by atoms with Gasteiger partial charge in [0.2, 0.25) is 0 Å². The second kappa shape index (κ2) is 9.00. The van der Waals surface area contributed by atoms with Gasteiger partial charge in [-0.05, 0) is 57.0 Å². The van der Waals surface area contributed by atoms with Gasteiger partial charge in [-0.2, -0.15) is 0 Å².